The SMILES string of the molecule is C=C(C)C(=O)O[Si](C)(O)CCC. The summed E-state index contributed by atoms with van der Waals surface area (Å²) in [7, 11) is -2.74. The molecule has 0 aromatic heterocycles. The fourth-order valence-corrected chi connectivity index (χ4v) is 2.41. The van der Waals surface area contributed by atoms with Gasteiger partial charge in [-0.1, -0.05) is 19.9 Å². The Morgan fingerprint density at radius 1 is 1.67 bits per heavy atom. The largest absolute Gasteiger partial charge is 0.491 e. The second-order valence-corrected chi connectivity index (χ2v) is 6.15. The molecule has 0 rings (SSSR count). The molecule has 0 fully saturated rings. The van der Waals surface area contributed by atoms with Crippen LogP contribution >= 0.6 is 0 Å². The van der Waals surface area contributed by atoms with Gasteiger partial charge in [-0.15, -0.1) is 0 Å². The van der Waals surface area contributed by atoms with Gasteiger partial charge in [0.05, 0.1) is 0 Å². The Morgan fingerprint density at radius 3 is 2.50 bits per heavy atom. The van der Waals surface area contributed by atoms with E-state index in [-0.39, 0.29) is 0 Å². The van der Waals surface area contributed by atoms with Crippen LogP contribution in [0.25, 0.3) is 0 Å². The van der Waals surface area contributed by atoms with Gasteiger partial charge in [0.15, 0.2) is 0 Å². The van der Waals surface area contributed by atoms with E-state index in [0.29, 0.717) is 11.6 Å². The Hall–Kier alpha value is -0.613. The third kappa shape index (κ3) is 4.30. The lowest BCUT2D eigenvalue weighted by Gasteiger charge is -2.19. The molecule has 0 amide bonds. The number of carbonyl (C=O) groups excluding carboxylic acids is 1. The van der Waals surface area contributed by atoms with Crippen molar-refractivity contribution in [3.05, 3.63) is 12.2 Å². The summed E-state index contributed by atoms with van der Waals surface area (Å²) in [6.45, 7) is 8.55. The number of rotatable bonds is 4. The van der Waals surface area contributed by atoms with Gasteiger partial charge in [-0.05, 0) is 13.5 Å². The van der Waals surface area contributed by atoms with E-state index < -0.39 is 14.5 Å². The molecule has 0 aromatic rings. The van der Waals surface area contributed by atoms with Crippen molar-refractivity contribution in [1.29, 1.82) is 0 Å². The van der Waals surface area contributed by atoms with Gasteiger partial charge in [-0.3, -0.25) is 0 Å². The molecule has 1 atom stereocenters. The first-order valence-electron chi connectivity index (χ1n) is 4.00. The Bertz CT molecular complexity index is 187. The van der Waals surface area contributed by atoms with Gasteiger partial charge in [0, 0.05) is 11.6 Å². The minimum Gasteiger partial charge on any atom is -0.491 e. The quantitative estimate of drug-likeness (QED) is 0.538. The zero-order chi connectivity index (χ0) is 9.78. The molecule has 1 N–H and O–H groups in total. The van der Waals surface area contributed by atoms with Gasteiger partial charge >= 0.3 is 14.5 Å². The van der Waals surface area contributed by atoms with Crippen molar-refractivity contribution >= 4 is 14.5 Å². The molecule has 0 radical (unpaired) electrons. The molecular formula is C8H16O3Si. The summed E-state index contributed by atoms with van der Waals surface area (Å²) >= 11 is 0. The van der Waals surface area contributed by atoms with Crippen LogP contribution in [0.1, 0.15) is 20.3 Å². The molecule has 0 saturated carbocycles. The Kier molecular flexibility index (Phi) is 4.20. The summed E-state index contributed by atoms with van der Waals surface area (Å²) in [5.74, 6) is -0.486. The van der Waals surface area contributed by atoms with Gasteiger partial charge in [0.25, 0.3) is 0 Å². The molecule has 0 aromatic carbocycles. The average Bonchev–Trinajstić information content (AvgIpc) is 1.85. The zero-order valence-electron chi connectivity index (χ0n) is 7.89. The molecule has 0 aliphatic heterocycles. The van der Waals surface area contributed by atoms with Gasteiger partial charge in [-0.2, -0.15) is 0 Å². The maximum absolute atomic E-state index is 11.0. The van der Waals surface area contributed by atoms with Crippen LogP contribution in [0, 0.1) is 0 Å². The first-order chi connectivity index (χ1) is 5.39. The Morgan fingerprint density at radius 2 is 2.17 bits per heavy atom. The monoisotopic (exact) mass is 188 g/mol. The number of carbonyl (C=O) groups is 1. The lowest BCUT2D eigenvalue weighted by molar-refractivity contribution is -0.131. The average molecular weight is 188 g/mol. The highest BCUT2D eigenvalue weighted by molar-refractivity contribution is 6.66. The molecular weight excluding hydrogens is 172 g/mol. The molecule has 12 heavy (non-hydrogen) atoms. The van der Waals surface area contributed by atoms with E-state index in [4.69, 9.17) is 4.43 Å². The Labute approximate surface area is 74.3 Å². The second-order valence-electron chi connectivity index (χ2n) is 3.09. The van der Waals surface area contributed by atoms with E-state index in [1.807, 2.05) is 6.92 Å². The van der Waals surface area contributed by atoms with Crippen LogP contribution in [0.4, 0.5) is 0 Å². The molecule has 0 aliphatic carbocycles. The normalized spacial score (nSPS) is 15.0. The standard InChI is InChI=1S/C8H16O3Si/c1-5-6-12(4,10)11-8(9)7(2)3/h10H,2,5-6H2,1,3-4H3. The van der Waals surface area contributed by atoms with Crippen molar-refractivity contribution in [2.24, 2.45) is 0 Å². The van der Waals surface area contributed by atoms with Crippen LogP contribution < -0.4 is 0 Å². The highest BCUT2D eigenvalue weighted by Gasteiger charge is 2.29. The van der Waals surface area contributed by atoms with E-state index in [9.17, 15) is 9.59 Å². The van der Waals surface area contributed by atoms with E-state index in [0.717, 1.165) is 6.42 Å². The highest BCUT2D eigenvalue weighted by Crippen LogP contribution is 2.11. The fourth-order valence-electron chi connectivity index (χ4n) is 0.802. The zero-order valence-corrected chi connectivity index (χ0v) is 8.89. The molecule has 0 saturated heterocycles. The molecule has 0 aliphatic rings. The van der Waals surface area contributed by atoms with Crippen LogP contribution in [-0.2, 0) is 9.22 Å². The molecule has 1 unspecified atom stereocenters. The fraction of sp³-hybridized carbons (Fsp3) is 0.625. The lowest BCUT2D eigenvalue weighted by atomic mass is 10.4. The summed E-state index contributed by atoms with van der Waals surface area (Å²) < 4.78 is 4.90. The van der Waals surface area contributed by atoms with E-state index in [2.05, 4.69) is 6.58 Å². The van der Waals surface area contributed by atoms with E-state index >= 15 is 0 Å². The van der Waals surface area contributed by atoms with Gasteiger partial charge in [-0.25, -0.2) is 4.79 Å². The third-order valence-corrected chi connectivity index (χ3v) is 3.43. The summed E-state index contributed by atoms with van der Waals surface area (Å²) in [5, 5.41) is 0. The van der Waals surface area contributed by atoms with E-state index in [1.54, 1.807) is 13.5 Å². The summed E-state index contributed by atoms with van der Waals surface area (Å²) in [4.78, 5) is 20.6. The number of hydrogen-bond acceptors (Lipinski definition) is 3. The predicted octanol–water partition coefficient (Wildman–Crippen LogP) is 1.58. The summed E-state index contributed by atoms with van der Waals surface area (Å²) in [6, 6.07) is 0.575. The van der Waals surface area contributed by atoms with Crippen LogP contribution in [0.2, 0.25) is 12.6 Å². The summed E-state index contributed by atoms with van der Waals surface area (Å²) in [6.07, 6.45) is 0.822. The van der Waals surface area contributed by atoms with Crippen LogP contribution in [0.5, 0.6) is 0 Å². The molecule has 0 bridgehead atoms. The van der Waals surface area contributed by atoms with Crippen LogP contribution in [0.3, 0.4) is 0 Å². The van der Waals surface area contributed by atoms with Gasteiger partial charge in [0.2, 0.25) is 0 Å². The summed E-state index contributed by atoms with van der Waals surface area (Å²) in [5.41, 5.74) is 0.332. The van der Waals surface area contributed by atoms with Gasteiger partial charge in [0.1, 0.15) is 0 Å². The van der Waals surface area contributed by atoms with Crippen molar-refractivity contribution in [3.63, 3.8) is 0 Å². The van der Waals surface area contributed by atoms with Crippen molar-refractivity contribution in [1.82, 2.24) is 0 Å². The van der Waals surface area contributed by atoms with Gasteiger partial charge < -0.3 is 9.22 Å². The van der Waals surface area contributed by atoms with Crippen molar-refractivity contribution in [2.75, 3.05) is 0 Å². The molecule has 4 heteroatoms. The van der Waals surface area contributed by atoms with Crippen molar-refractivity contribution in [2.45, 2.75) is 32.9 Å². The van der Waals surface area contributed by atoms with E-state index in [1.165, 1.54) is 0 Å². The van der Waals surface area contributed by atoms with Crippen molar-refractivity contribution in [3.8, 4) is 0 Å². The topological polar surface area (TPSA) is 46.5 Å². The van der Waals surface area contributed by atoms with Crippen molar-refractivity contribution < 1.29 is 14.0 Å². The maximum atomic E-state index is 11.0. The lowest BCUT2D eigenvalue weighted by Crippen LogP contribution is -2.37. The minimum absolute atomic E-state index is 0.332. The predicted molar refractivity (Wildman–Crippen MR) is 49.8 cm³/mol. The highest BCUT2D eigenvalue weighted by atomic mass is 28.4. The second kappa shape index (κ2) is 4.42. The molecule has 0 heterocycles. The third-order valence-electron chi connectivity index (χ3n) is 1.37. The smallest absolute Gasteiger partial charge is 0.396 e. The molecule has 0 spiro atoms. The molecule has 3 nitrogen and oxygen atoms in total. The van der Waals surface area contributed by atoms with Crippen LogP contribution in [-0.4, -0.2) is 19.3 Å². The maximum Gasteiger partial charge on any atom is 0.396 e. The first-order valence-corrected chi connectivity index (χ1v) is 6.56. The van der Waals surface area contributed by atoms with Crippen LogP contribution in [0.15, 0.2) is 12.2 Å². The minimum atomic E-state index is -2.74. The molecule has 70 valence electrons. The first kappa shape index (κ1) is 11.4. The number of hydrogen-bond donors (Lipinski definition) is 1. The Balaban J connectivity index is 4.05.